The average molecular weight is 436 g/mol. The molecule has 0 saturated carbocycles. The second-order valence-electron chi connectivity index (χ2n) is 6.74. The molecule has 0 radical (unpaired) electrons. The number of hydrogen-bond acceptors (Lipinski definition) is 7. The van der Waals surface area contributed by atoms with E-state index in [2.05, 4.69) is 25.6 Å². The zero-order valence-corrected chi connectivity index (χ0v) is 17.4. The van der Waals surface area contributed by atoms with Gasteiger partial charge in [0.1, 0.15) is 28.2 Å². The first-order valence-corrected chi connectivity index (χ1v) is 10.5. The summed E-state index contributed by atoms with van der Waals surface area (Å²) < 4.78 is 20.9. The van der Waals surface area contributed by atoms with Crippen molar-refractivity contribution in [1.82, 2.24) is 20.3 Å². The molecule has 2 aromatic heterocycles. The van der Waals surface area contributed by atoms with Crippen molar-refractivity contribution < 1.29 is 13.9 Å². The second-order valence-corrected chi connectivity index (χ2v) is 7.98. The fraction of sp³-hybridized carbons (Fsp3) is 0.368. The molecule has 4 rings (SSSR count). The molecule has 2 N–H and O–H groups in total. The highest BCUT2D eigenvalue weighted by Gasteiger charge is 2.32. The molecule has 0 spiro atoms. The average Bonchev–Trinajstić information content (AvgIpc) is 3.34. The number of halogens is 2. The Hall–Kier alpha value is -2.52. The fourth-order valence-electron chi connectivity index (χ4n) is 3.53. The SMILES string of the molecule is CCOc1c([C@@H](C)Nc2ncnc3scnc23)cc(Cl)c(F)c1[C@@H]1CNC(=O)C1. The van der Waals surface area contributed by atoms with E-state index in [1.54, 1.807) is 11.6 Å². The standard InChI is InChI=1S/C19H19ClFN5O2S/c1-3-28-17-11(5-12(20)15(21)14(17)10-4-13(27)22-6-10)9(2)26-18-16-19(24-7-23-18)29-8-25-16/h5,7-10H,3-4,6H2,1-2H3,(H,22,27)(H,23,24,26)/t9-,10+/m1/s1. The van der Waals surface area contributed by atoms with E-state index >= 15 is 4.39 Å². The van der Waals surface area contributed by atoms with Crippen LogP contribution in [0.3, 0.4) is 0 Å². The molecule has 3 heterocycles. The van der Waals surface area contributed by atoms with Gasteiger partial charge in [0.25, 0.3) is 0 Å². The van der Waals surface area contributed by atoms with Crippen molar-refractivity contribution in [2.75, 3.05) is 18.5 Å². The van der Waals surface area contributed by atoms with Crippen LogP contribution in [0.5, 0.6) is 5.75 Å². The number of amides is 1. The number of thiazole rings is 1. The van der Waals surface area contributed by atoms with Crippen molar-refractivity contribution >= 4 is 45.0 Å². The zero-order chi connectivity index (χ0) is 20.5. The summed E-state index contributed by atoms with van der Waals surface area (Å²) in [6.07, 6.45) is 1.67. The van der Waals surface area contributed by atoms with Gasteiger partial charge in [-0.15, -0.1) is 11.3 Å². The summed E-state index contributed by atoms with van der Waals surface area (Å²) in [5.74, 6) is -0.00339. The van der Waals surface area contributed by atoms with Crippen molar-refractivity contribution in [3.8, 4) is 5.75 Å². The Morgan fingerprint density at radius 3 is 3.00 bits per heavy atom. The molecule has 2 atom stereocenters. The van der Waals surface area contributed by atoms with Crippen LogP contribution in [0.15, 0.2) is 17.9 Å². The maximum atomic E-state index is 15.0. The third-order valence-corrected chi connectivity index (χ3v) is 5.87. The van der Waals surface area contributed by atoms with E-state index in [0.29, 0.717) is 41.4 Å². The Balaban J connectivity index is 1.76. The van der Waals surface area contributed by atoms with E-state index in [4.69, 9.17) is 16.3 Å². The van der Waals surface area contributed by atoms with Gasteiger partial charge in [-0.25, -0.2) is 19.3 Å². The van der Waals surface area contributed by atoms with Gasteiger partial charge in [0.15, 0.2) is 5.82 Å². The van der Waals surface area contributed by atoms with Gasteiger partial charge in [-0.2, -0.15) is 0 Å². The topological polar surface area (TPSA) is 89.0 Å². The first-order chi connectivity index (χ1) is 14.0. The van der Waals surface area contributed by atoms with Crippen molar-refractivity contribution in [3.05, 3.63) is 39.9 Å². The van der Waals surface area contributed by atoms with Crippen LogP contribution in [0.2, 0.25) is 5.02 Å². The van der Waals surface area contributed by atoms with Crippen molar-refractivity contribution in [2.24, 2.45) is 0 Å². The smallest absolute Gasteiger partial charge is 0.220 e. The van der Waals surface area contributed by atoms with Gasteiger partial charge in [0, 0.05) is 30.0 Å². The highest BCUT2D eigenvalue weighted by molar-refractivity contribution is 7.16. The minimum atomic E-state index is -0.545. The number of fused-ring (bicyclic) bond motifs is 1. The van der Waals surface area contributed by atoms with Crippen molar-refractivity contribution in [2.45, 2.75) is 32.2 Å². The molecule has 10 heteroatoms. The Morgan fingerprint density at radius 2 is 2.28 bits per heavy atom. The van der Waals surface area contributed by atoms with E-state index in [1.807, 2.05) is 13.8 Å². The number of nitrogens with zero attached hydrogens (tertiary/aromatic N) is 3. The summed E-state index contributed by atoms with van der Waals surface area (Å²) in [5.41, 5.74) is 3.40. The van der Waals surface area contributed by atoms with E-state index in [9.17, 15) is 4.79 Å². The predicted molar refractivity (Wildman–Crippen MR) is 110 cm³/mol. The molecule has 3 aromatic rings. The molecule has 1 aliphatic rings. The molecule has 152 valence electrons. The molecule has 0 unspecified atom stereocenters. The lowest BCUT2D eigenvalue weighted by atomic mass is 9.92. The van der Waals surface area contributed by atoms with Crippen LogP contribution in [0.25, 0.3) is 10.3 Å². The normalized spacial score (nSPS) is 17.4. The number of carbonyl (C=O) groups is 1. The van der Waals surface area contributed by atoms with Crippen LogP contribution >= 0.6 is 22.9 Å². The van der Waals surface area contributed by atoms with Crippen LogP contribution in [-0.4, -0.2) is 34.0 Å². The highest BCUT2D eigenvalue weighted by atomic mass is 35.5. The monoisotopic (exact) mass is 435 g/mol. The lowest BCUT2D eigenvalue weighted by Crippen LogP contribution is -2.16. The number of nitrogens with one attached hydrogen (secondary N) is 2. The van der Waals surface area contributed by atoms with Crippen LogP contribution in [-0.2, 0) is 4.79 Å². The minimum Gasteiger partial charge on any atom is -0.493 e. The van der Waals surface area contributed by atoms with Gasteiger partial charge < -0.3 is 15.4 Å². The van der Waals surface area contributed by atoms with Crippen molar-refractivity contribution in [1.29, 1.82) is 0 Å². The van der Waals surface area contributed by atoms with Gasteiger partial charge in [0.05, 0.1) is 23.2 Å². The summed E-state index contributed by atoms with van der Waals surface area (Å²) in [6.45, 7) is 4.45. The number of benzene rings is 1. The Labute approximate surface area is 175 Å². The molecule has 0 aliphatic carbocycles. The maximum absolute atomic E-state index is 15.0. The number of anilines is 1. The predicted octanol–water partition coefficient (Wildman–Crippen LogP) is 4.05. The lowest BCUT2D eigenvalue weighted by molar-refractivity contribution is -0.119. The molecular formula is C19H19ClFN5O2S. The van der Waals surface area contributed by atoms with Gasteiger partial charge >= 0.3 is 0 Å². The molecule has 1 fully saturated rings. The second kappa shape index (κ2) is 8.08. The Morgan fingerprint density at radius 1 is 1.45 bits per heavy atom. The number of carbonyl (C=O) groups excluding carboxylic acids is 1. The van der Waals surface area contributed by atoms with Crippen LogP contribution in [0, 0.1) is 5.82 Å². The van der Waals surface area contributed by atoms with Gasteiger partial charge in [-0.3, -0.25) is 4.79 Å². The van der Waals surface area contributed by atoms with Gasteiger partial charge in [-0.05, 0) is 19.9 Å². The van der Waals surface area contributed by atoms with E-state index in [0.717, 1.165) is 4.83 Å². The summed E-state index contributed by atoms with van der Waals surface area (Å²) in [5, 5.41) is 6.05. The van der Waals surface area contributed by atoms with E-state index in [-0.39, 0.29) is 29.3 Å². The number of rotatable bonds is 6. The summed E-state index contributed by atoms with van der Waals surface area (Å²) in [6, 6.07) is 1.26. The van der Waals surface area contributed by atoms with Crippen LogP contribution in [0.1, 0.15) is 43.4 Å². The third kappa shape index (κ3) is 3.72. The van der Waals surface area contributed by atoms with E-state index in [1.165, 1.54) is 17.7 Å². The van der Waals surface area contributed by atoms with Gasteiger partial charge in [-0.1, -0.05) is 11.6 Å². The number of hydrogen-bond donors (Lipinski definition) is 2. The van der Waals surface area contributed by atoms with Crippen LogP contribution in [0.4, 0.5) is 10.2 Å². The molecule has 1 saturated heterocycles. The van der Waals surface area contributed by atoms with Crippen LogP contribution < -0.4 is 15.4 Å². The Kier molecular flexibility index (Phi) is 5.51. The minimum absolute atomic E-state index is 0.00653. The fourth-order valence-corrected chi connectivity index (χ4v) is 4.38. The van der Waals surface area contributed by atoms with E-state index < -0.39 is 5.82 Å². The summed E-state index contributed by atoms with van der Waals surface area (Å²) >= 11 is 7.65. The quantitative estimate of drug-likeness (QED) is 0.607. The highest BCUT2D eigenvalue weighted by Crippen LogP contribution is 2.42. The van der Waals surface area contributed by atoms with Gasteiger partial charge in [0.2, 0.25) is 5.91 Å². The maximum Gasteiger partial charge on any atom is 0.220 e. The summed E-state index contributed by atoms with van der Waals surface area (Å²) in [4.78, 5) is 25.3. The Bertz CT molecular complexity index is 1080. The molecule has 1 aromatic carbocycles. The number of aromatic nitrogens is 3. The lowest BCUT2D eigenvalue weighted by Gasteiger charge is -2.24. The third-order valence-electron chi connectivity index (χ3n) is 4.86. The first kappa shape index (κ1) is 19.8. The largest absolute Gasteiger partial charge is 0.493 e. The molecule has 29 heavy (non-hydrogen) atoms. The molecule has 7 nitrogen and oxygen atoms in total. The van der Waals surface area contributed by atoms with Crippen molar-refractivity contribution in [3.63, 3.8) is 0 Å². The summed E-state index contributed by atoms with van der Waals surface area (Å²) in [7, 11) is 0. The zero-order valence-electron chi connectivity index (χ0n) is 15.8. The molecule has 1 aliphatic heterocycles. The molecule has 0 bridgehead atoms. The first-order valence-electron chi connectivity index (χ1n) is 9.21. The molecular weight excluding hydrogens is 417 g/mol. The molecule has 1 amide bonds. The number of ether oxygens (including phenoxy) is 1.